The number of ether oxygens (including phenoxy) is 1. The normalized spacial score (nSPS) is 25.1. The van der Waals surface area contributed by atoms with Gasteiger partial charge in [0.25, 0.3) is 0 Å². The Hall–Kier alpha value is -2.84. The number of amides is 2. The molecule has 2 aromatic carbocycles. The summed E-state index contributed by atoms with van der Waals surface area (Å²) in [5.74, 6) is -0.396. The van der Waals surface area contributed by atoms with E-state index in [0.717, 1.165) is 31.4 Å². The fraction of sp³-hybridized carbons (Fsp3) is 0.481. The second kappa shape index (κ2) is 11.7. The molecule has 188 valence electrons. The molecule has 2 amide bonds. The highest BCUT2D eigenvalue weighted by Crippen LogP contribution is 2.26. The highest BCUT2D eigenvalue weighted by molar-refractivity contribution is 5.95. The van der Waals surface area contributed by atoms with E-state index in [-0.39, 0.29) is 35.7 Å². The quantitative estimate of drug-likeness (QED) is 0.563. The fourth-order valence-corrected chi connectivity index (χ4v) is 4.90. The lowest BCUT2D eigenvalue weighted by Crippen LogP contribution is -2.54. The van der Waals surface area contributed by atoms with Crippen molar-refractivity contribution < 1.29 is 23.1 Å². The predicted octanol–water partition coefficient (Wildman–Crippen LogP) is 4.60. The van der Waals surface area contributed by atoms with E-state index in [1.54, 1.807) is 36.4 Å². The lowest BCUT2D eigenvalue weighted by atomic mass is 9.88. The molecule has 35 heavy (non-hydrogen) atoms. The van der Waals surface area contributed by atoms with Gasteiger partial charge in [0.1, 0.15) is 12.0 Å². The van der Waals surface area contributed by atoms with Gasteiger partial charge in [-0.05, 0) is 87.0 Å². The lowest BCUT2D eigenvalue weighted by molar-refractivity contribution is -0.0370. The molecule has 6 nitrogen and oxygen atoms in total. The number of ketones is 1. The highest BCUT2D eigenvalue weighted by atomic mass is 19.1. The van der Waals surface area contributed by atoms with E-state index in [1.165, 1.54) is 19.1 Å². The zero-order valence-electron chi connectivity index (χ0n) is 20.0. The maximum Gasteiger partial charge on any atom is 0.319 e. The van der Waals surface area contributed by atoms with E-state index in [2.05, 4.69) is 15.5 Å². The molecule has 0 bridgehead atoms. The molecular weight excluding hydrogens is 452 g/mol. The number of anilines is 1. The smallest absolute Gasteiger partial charge is 0.319 e. The largest absolute Gasteiger partial charge is 0.375 e. The van der Waals surface area contributed by atoms with Crippen molar-refractivity contribution in [2.24, 2.45) is 5.92 Å². The van der Waals surface area contributed by atoms with Gasteiger partial charge in [-0.15, -0.1) is 0 Å². The van der Waals surface area contributed by atoms with E-state index in [9.17, 15) is 18.4 Å². The Morgan fingerprint density at radius 3 is 2.51 bits per heavy atom. The molecule has 2 saturated heterocycles. The maximum absolute atomic E-state index is 15.0. The molecule has 2 aromatic rings. The van der Waals surface area contributed by atoms with Crippen LogP contribution in [0.15, 0.2) is 48.5 Å². The number of carbonyl (C=O) groups excluding carboxylic acids is 2. The van der Waals surface area contributed by atoms with Crippen LogP contribution in [0.3, 0.4) is 0 Å². The first-order valence-electron chi connectivity index (χ1n) is 12.3. The van der Waals surface area contributed by atoms with Gasteiger partial charge in [0.05, 0.1) is 12.1 Å². The number of hydrogen-bond donors (Lipinski definition) is 2. The molecule has 0 radical (unpaired) electrons. The summed E-state index contributed by atoms with van der Waals surface area (Å²) >= 11 is 0. The van der Waals surface area contributed by atoms with Crippen molar-refractivity contribution in [3.05, 3.63) is 65.5 Å². The van der Waals surface area contributed by atoms with Gasteiger partial charge in [-0.3, -0.25) is 9.69 Å². The van der Waals surface area contributed by atoms with Gasteiger partial charge in [-0.25, -0.2) is 13.6 Å². The van der Waals surface area contributed by atoms with Crippen molar-refractivity contribution in [3.8, 4) is 0 Å². The topological polar surface area (TPSA) is 70.7 Å². The summed E-state index contributed by atoms with van der Waals surface area (Å²) in [4.78, 5) is 26.1. The molecule has 4 atom stereocenters. The SMILES string of the molecule is CC(=O)c1ccc(NC(=O)NC2CCCOC2CN2CCC(Cc3ccc(F)cc3)C(F)C2)cc1. The van der Waals surface area contributed by atoms with Crippen LogP contribution in [0.4, 0.5) is 19.3 Å². The minimum atomic E-state index is -0.968. The number of likely N-dealkylation sites (tertiary alicyclic amines) is 1. The highest BCUT2D eigenvalue weighted by Gasteiger charge is 2.34. The number of hydrogen-bond acceptors (Lipinski definition) is 4. The van der Waals surface area contributed by atoms with Gasteiger partial charge >= 0.3 is 6.03 Å². The summed E-state index contributed by atoms with van der Waals surface area (Å²) < 4.78 is 34.1. The molecule has 2 heterocycles. The summed E-state index contributed by atoms with van der Waals surface area (Å²) in [6.45, 7) is 3.76. The summed E-state index contributed by atoms with van der Waals surface area (Å²) in [5.41, 5.74) is 2.14. The predicted molar refractivity (Wildman–Crippen MR) is 131 cm³/mol. The lowest BCUT2D eigenvalue weighted by Gasteiger charge is -2.39. The van der Waals surface area contributed by atoms with Crippen LogP contribution in [0, 0.1) is 11.7 Å². The van der Waals surface area contributed by atoms with Gasteiger partial charge in [0, 0.05) is 30.9 Å². The number of halogens is 2. The summed E-state index contributed by atoms with van der Waals surface area (Å²) in [6, 6.07) is 12.5. The molecule has 0 spiro atoms. The molecule has 2 aliphatic heterocycles. The van der Waals surface area contributed by atoms with E-state index in [4.69, 9.17) is 4.74 Å². The Kier molecular flexibility index (Phi) is 8.46. The van der Waals surface area contributed by atoms with Crippen molar-refractivity contribution in [2.75, 3.05) is 31.6 Å². The number of rotatable bonds is 7. The van der Waals surface area contributed by atoms with Crippen LogP contribution in [-0.4, -0.2) is 61.3 Å². The molecular formula is C27H33F2N3O3. The number of alkyl halides is 1. The van der Waals surface area contributed by atoms with Gasteiger partial charge in [-0.2, -0.15) is 0 Å². The maximum atomic E-state index is 15.0. The second-order valence-electron chi connectivity index (χ2n) is 9.54. The molecule has 0 saturated carbocycles. The van der Waals surface area contributed by atoms with Crippen LogP contribution in [-0.2, 0) is 11.2 Å². The third-order valence-corrected chi connectivity index (χ3v) is 6.92. The van der Waals surface area contributed by atoms with E-state index in [0.29, 0.717) is 37.4 Å². The summed E-state index contributed by atoms with van der Waals surface area (Å²) in [5, 5.41) is 5.81. The first-order valence-corrected chi connectivity index (χ1v) is 12.3. The Bertz CT molecular complexity index is 1000. The van der Waals surface area contributed by atoms with Crippen LogP contribution in [0.25, 0.3) is 0 Å². The van der Waals surface area contributed by atoms with Crippen LogP contribution in [0.1, 0.15) is 42.1 Å². The number of carbonyl (C=O) groups is 2. The molecule has 0 aromatic heterocycles. The van der Waals surface area contributed by atoms with Crippen molar-refractivity contribution in [1.82, 2.24) is 10.2 Å². The van der Waals surface area contributed by atoms with E-state index < -0.39 is 6.17 Å². The van der Waals surface area contributed by atoms with Crippen LogP contribution in [0.2, 0.25) is 0 Å². The van der Waals surface area contributed by atoms with Crippen molar-refractivity contribution in [2.45, 2.75) is 50.9 Å². The third kappa shape index (κ3) is 7.08. The third-order valence-electron chi connectivity index (χ3n) is 6.92. The summed E-state index contributed by atoms with van der Waals surface area (Å²) in [6.07, 6.45) is 1.79. The molecule has 2 N–H and O–H groups in total. The van der Waals surface area contributed by atoms with Gasteiger partial charge in [0.2, 0.25) is 0 Å². The zero-order chi connectivity index (χ0) is 24.8. The van der Waals surface area contributed by atoms with E-state index in [1.807, 2.05) is 0 Å². The molecule has 0 aliphatic carbocycles. The molecule has 2 aliphatic rings. The van der Waals surface area contributed by atoms with Gasteiger partial charge in [-0.1, -0.05) is 12.1 Å². The number of urea groups is 1. The van der Waals surface area contributed by atoms with Crippen molar-refractivity contribution in [1.29, 1.82) is 0 Å². The Balaban J connectivity index is 1.27. The van der Waals surface area contributed by atoms with Crippen LogP contribution in [0.5, 0.6) is 0 Å². The fourth-order valence-electron chi connectivity index (χ4n) is 4.90. The van der Waals surface area contributed by atoms with Crippen LogP contribution >= 0.6 is 0 Å². The monoisotopic (exact) mass is 485 g/mol. The first kappa shape index (κ1) is 25.3. The van der Waals surface area contributed by atoms with Crippen molar-refractivity contribution >= 4 is 17.5 Å². The molecule has 8 heteroatoms. The molecule has 2 fully saturated rings. The van der Waals surface area contributed by atoms with Crippen LogP contribution < -0.4 is 10.6 Å². The number of nitrogens with one attached hydrogen (secondary N) is 2. The molecule has 4 unspecified atom stereocenters. The Labute approximate surface area is 205 Å². The van der Waals surface area contributed by atoms with Gasteiger partial charge in [0.15, 0.2) is 5.78 Å². The molecule has 4 rings (SSSR count). The first-order chi connectivity index (χ1) is 16.9. The van der Waals surface area contributed by atoms with Crippen molar-refractivity contribution in [3.63, 3.8) is 0 Å². The van der Waals surface area contributed by atoms with Gasteiger partial charge < -0.3 is 15.4 Å². The Morgan fingerprint density at radius 1 is 1.09 bits per heavy atom. The average Bonchev–Trinajstić information content (AvgIpc) is 2.84. The number of benzene rings is 2. The minimum Gasteiger partial charge on any atom is -0.375 e. The van der Waals surface area contributed by atoms with E-state index >= 15 is 0 Å². The average molecular weight is 486 g/mol. The summed E-state index contributed by atoms with van der Waals surface area (Å²) in [7, 11) is 0. The standard InChI is InChI=1S/C27H33F2N3O3/c1-18(33)20-6-10-23(11-7-20)30-27(34)31-25-3-2-14-35-26(25)17-32-13-12-21(24(29)16-32)15-19-4-8-22(28)9-5-19/h4-11,21,24-26H,2-3,12-17H2,1H3,(H2,30,31,34). The minimum absolute atomic E-state index is 0.0294. The number of piperidine rings is 1. The number of Topliss-reactive ketones (excluding diaryl/α,β-unsaturated/α-hetero) is 1. The Morgan fingerprint density at radius 2 is 1.83 bits per heavy atom. The second-order valence-corrected chi connectivity index (χ2v) is 9.54. The zero-order valence-corrected chi connectivity index (χ0v) is 20.0. The number of nitrogens with zero attached hydrogens (tertiary/aromatic N) is 1.